The van der Waals surface area contributed by atoms with Gasteiger partial charge in [0.25, 0.3) is 0 Å². The molecule has 1 atom stereocenters. The van der Waals surface area contributed by atoms with Gasteiger partial charge in [0.1, 0.15) is 23.2 Å². The molecule has 1 aliphatic heterocycles. The minimum Gasteiger partial charge on any atom is -0.497 e. The first-order chi connectivity index (χ1) is 14.5. The number of halogens is 2. The molecule has 0 bridgehead atoms. The summed E-state index contributed by atoms with van der Waals surface area (Å²) in [6.45, 7) is 9.60. The number of ether oxygens (including phenoxy) is 1. The summed E-state index contributed by atoms with van der Waals surface area (Å²) in [4.78, 5) is 1.83. The van der Waals surface area contributed by atoms with E-state index in [2.05, 4.69) is 35.7 Å². The third-order valence-electron chi connectivity index (χ3n) is 5.77. The third kappa shape index (κ3) is 3.26. The number of benzene rings is 1. The second-order valence-electron chi connectivity index (χ2n) is 7.53. The highest BCUT2D eigenvalue weighted by Crippen LogP contribution is 2.40. The second kappa shape index (κ2) is 7.93. The van der Waals surface area contributed by atoms with E-state index in [0.717, 1.165) is 42.0 Å². The average Bonchev–Trinajstić information content (AvgIpc) is 3.38. The van der Waals surface area contributed by atoms with E-state index < -0.39 is 11.6 Å². The van der Waals surface area contributed by atoms with Crippen molar-refractivity contribution >= 4 is 11.5 Å². The molecule has 0 spiro atoms. The molecule has 2 aromatic heterocycles. The van der Waals surface area contributed by atoms with Crippen LogP contribution in [0.4, 0.5) is 14.6 Å². The van der Waals surface area contributed by atoms with Crippen LogP contribution in [0, 0.1) is 11.6 Å². The van der Waals surface area contributed by atoms with E-state index in [-0.39, 0.29) is 17.0 Å². The van der Waals surface area contributed by atoms with Gasteiger partial charge in [-0.1, -0.05) is 20.4 Å². The van der Waals surface area contributed by atoms with Crippen LogP contribution in [-0.4, -0.2) is 33.6 Å². The van der Waals surface area contributed by atoms with Crippen LogP contribution in [0.3, 0.4) is 0 Å². The molecule has 6 nitrogen and oxygen atoms in total. The first-order valence-electron chi connectivity index (χ1n) is 10.1. The Balaban J connectivity index is 1.80. The van der Waals surface area contributed by atoms with Crippen molar-refractivity contribution in [2.45, 2.75) is 39.2 Å². The number of nitrogens with zero attached hydrogens (tertiary/aromatic N) is 4. The van der Waals surface area contributed by atoms with Gasteiger partial charge in [-0.2, -0.15) is 10.2 Å². The minimum atomic E-state index is -0.711. The van der Waals surface area contributed by atoms with Gasteiger partial charge in [0.2, 0.25) is 0 Å². The smallest absolute Gasteiger partial charge is 0.140 e. The molecule has 0 fully saturated rings. The monoisotopic (exact) mass is 413 g/mol. The van der Waals surface area contributed by atoms with E-state index in [1.54, 1.807) is 6.20 Å². The Kier molecular flexibility index (Phi) is 5.32. The maximum absolute atomic E-state index is 14.7. The van der Waals surface area contributed by atoms with E-state index in [9.17, 15) is 8.78 Å². The number of H-pyrrole nitrogens is 1. The number of aromatic nitrogens is 4. The molecule has 1 N–H and O–H groups in total. The number of anilines is 1. The summed E-state index contributed by atoms with van der Waals surface area (Å²) < 4.78 is 36.3. The van der Waals surface area contributed by atoms with Crippen molar-refractivity contribution in [1.82, 2.24) is 20.0 Å². The molecule has 30 heavy (non-hydrogen) atoms. The summed E-state index contributed by atoms with van der Waals surface area (Å²) in [7, 11) is 1.37. The summed E-state index contributed by atoms with van der Waals surface area (Å²) >= 11 is 0. The second-order valence-corrected chi connectivity index (χ2v) is 7.53. The molecule has 1 aromatic carbocycles. The summed E-state index contributed by atoms with van der Waals surface area (Å²) in [5.74, 6) is -0.226. The molecule has 0 saturated carbocycles. The van der Waals surface area contributed by atoms with Crippen LogP contribution < -0.4 is 9.64 Å². The van der Waals surface area contributed by atoms with Gasteiger partial charge in [0.05, 0.1) is 36.3 Å². The van der Waals surface area contributed by atoms with E-state index in [1.807, 2.05) is 15.8 Å². The first kappa shape index (κ1) is 20.1. The largest absolute Gasteiger partial charge is 0.497 e. The zero-order valence-electron chi connectivity index (χ0n) is 17.4. The van der Waals surface area contributed by atoms with Crippen LogP contribution in [-0.2, 0) is 6.54 Å². The van der Waals surface area contributed by atoms with Crippen LogP contribution >= 0.6 is 0 Å². The van der Waals surface area contributed by atoms with Gasteiger partial charge < -0.3 is 9.64 Å². The van der Waals surface area contributed by atoms with Crippen LogP contribution in [0.25, 0.3) is 17.0 Å². The first-order valence-corrected chi connectivity index (χ1v) is 10.1. The zero-order valence-corrected chi connectivity index (χ0v) is 17.4. The molecule has 3 heterocycles. The average molecular weight is 413 g/mol. The molecule has 3 aromatic rings. The number of fused-ring (bicyclic) bond motifs is 1. The van der Waals surface area contributed by atoms with Crippen molar-refractivity contribution < 1.29 is 13.5 Å². The fourth-order valence-electron chi connectivity index (χ4n) is 3.93. The van der Waals surface area contributed by atoms with E-state index >= 15 is 0 Å². The molecule has 8 heteroatoms. The van der Waals surface area contributed by atoms with Gasteiger partial charge in [-0.05, 0) is 18.8 Å². The Morgan fingerprint density at radius 3 is 2.67 bits per heavy atom. The molecule has 158 valence electrons. The molecule has 0 radical (unpaired) electrons. The van der Waals surface area contributed by atoms with Crippen molar-refractivity contribution in [3.05, 3.63) is 53.9 Å². The van der Waals surface area contributed by atoms with Gasteiger partial charge in [0, 0.05) is 36.5 Å². The van der Waals surface area contributed by atoms with Crippen LogP contribution in [0.15, 0.2) is 31.1 Å². The lowest BCUT2D eigenvalue weighted by Gasteiger charge is -2.32. The number of rotatable bonds is 6. The predicted octanol–water partition coefficient (Wildman–Crippen LogP) is 4.95. The molecule has 0 aliphatic carbocycles. The van der Waals surface area contributed by atoms with Gasteiger partial charge >= 0.3 is 0 Å². The van der Waals surface area contributed by atoms with Crippen LogP contribution in [0.1, 0.15) is 43.7 Å². The van der Waals surface area contributed by atoms with Crippen molar-refractivity contribution in [1.29, 1.82) is 0 Å². The summed E-state index contributed by atoms with van der Waals surface area (Å²) in [6, 6.07) is 2.34. The molecule has 0 saturated heterocycles. The zero-order chi connectivity index (χ0) is 21.4. The minimum absolute atomic E-state index is 0.126. The lowest BCUT2D eigenvalue weighted by atomic mass is 9.96. The number of hydrogen-bond acceptors (Lipinski definition) is 4. The topological polar surface area (TPSA) is 59.0 Å². The lowest BCUT2D eigenvalue weighted by molar-refractivity contribution is 0.406. The Bertz CT molecular complexity index is 1060. The maximum Gasteiger partial charge on any atom is 0.140 e. The molecular weight excluding hydrogens is 388 g/mol. The summed E-state index contributed by atoms with van der Waals surface area (Å²) in [5, 5.41) is 11.8. The Morgan fingerprint density at radius 1 is 1.27 bits per heavy atom. The number of nitrogens with one attached hydrogen (secondary N) is 1. The Morgan fingerprint density at radius 2 is 2.00 bits per heavy atom. The summed E-state index contributed by atoms with van der Waals surface area (Å²) in [6.07, 6.45) is 5.36. The molecule has 4 rings (SSSR count). The van der Waals surface area contributed by atoms with Crippen molar-refractivity contribution in [3.63, 3.8) is 0 Å². The highest BCUT2D eigenvalue weighted by molar-refractivity contribution is 5.86. The quantitative estimate of drug-likeness (QED) is 0.621. The van der Waals surface area contributed by atoms with E-state index in [4.69, 9.17) is 4.74 Å². The van der Waals surface area contributed by atoms with Crippen molar-refractivity contribution in [3.8, 4) is 17.0 Å². The molecular formula is C22H25F2N5O. The third-order valence-corrected chi connectivity index (χ3v) is 5.77. The Labute approximate surface area is 174 Å². The van der Waals surface area contributed by atoms with Gasteiger partial charge in [0.15, 0.2) is 0 Å². The molecule has 0 unspecified atom stereocenters. The normalized spacial score (nSPS) is 14.5. The Hall–Kier alpha value is -3.16. The van der Waals surface area contributed by atoms with E-state index in [1.165, 1.54) is 19.2 Å². The van der Waals surface area contributed by atoms with Crippen molar-refractivity contribution in [2.24, 2.45) is 0 Å². The maximum atomic E-state index is 14.7. The summed E-state index contributed by atoms with van der Waals surface area (Å²) in [5.41, 5.74) is 2.90. The fraction of sp³-hybridized carbons (Fsp3) is 0.364. The van der Waals surface area contributed by atoms with Crippen LogP contribution in [0.5, 0.6) is 5.75 Å². The van der Waals surface area contributed by atoms with Gasteiger partial charge in [-0.25, -0.2) is 13.5 Å². The highest BCUT2D eigenvalue weighted by atomic mass is 19.1. The number of methoxy groups -OCH3 is 1. The highest BCUT2D eigenvalue weighted by Gasteiger charge is 2.29. The van der Waals surface area contributed by atoms with Crippen LogP contribution in [0.2, 0.25) is 0 Å². The number of aryl methyl sites for hydroxylation is 1. The molecule has 1 aliphatic rings. The standard InChI is InChI=1S/C22H25F2N5O/c1-5-13(2)16-11-25-27-21(16)17-12-26-29-8-6-7-28(22(17)29)14(3)20-18(23)9-15(30-4)10-19(20)24/h9-13H,3,5-8H2,1-2,4H3,(H,25,27)/t13-/m1/s1. The van der Waals surface area contributed by atoms with E-state index in [0.29, 0.717) is 12.5 Å². The predicted molar refractivity (Wildman–Crippen MR) is 112 cm³/mol. The lowest BCUT2D eigenvalue weighted by Crippen LogP contribution is -2.31. The SMILES string of the molecule is C=C(c1c(F)cc(OC)cc1F)N1CCCn2ncc(-c3[nH]ncc3[C@H](C)CC)c21. The number of hydrogen-bond donors (Lipinski definition) is 1. The van der Waals surface area contributed by atoms with Crippen molar-refractivity contribution in [2.75, 3.05) is 18.6 Å². The fourth-order valence-corrected chi connectivity index (χ4v) is 3.93. The number of aromatic amines is 1. The van der Waals surface area contributed by atoms with Gasteiger partial charge in [-0.3, -0.25) is 5.10 Å². The molecule has 0 amide bonds. The van der Waals surface area contributed by atoms with Gasteiger partial charge in [-0.15, -0.1) is 0 Å².